The number of aryl methyl sites for hydroxylation is 7. The first-order valence-corrected chi connectivity index (χ1v) is 17.2. The molecule has 4 aromatic heterocycles. The topological polar surface area (TPSA) is 225 Å². The summed E-state index contributed by atoms with van der Waals surface area (Å²) >= 11 is 0. The molecule has 6 aromatic rings. The average molecular weight is 725 g/mol. The van der Waals surface area contributed by atoms with Crippen molar-refractivity contribution in [3.8, 4) is 5.75 Å². The van der Waals surface area contributed by atoms with E-state index in [9.17, 15) is 14.4 Å². The number of nitrogens with one attached hydrogen (secondary N) is 2. The Labute approximate surface area is 305 Å². The molecule has 53 heavy (non-hydrogen) atoms. The van der Waals surface area contributed by atoms with Crippen molar-refractivity contribution in [2.75, 3.05) is 17.2 Å². The maximum absolute atomic E-state index is 13.5. The molecule has 0 aliphatic heterocycles. The lowest BCUT2D eigenvalue weighted by Crippen LogP contribution is -2.20. The average Bonchev–Trinajstić information content (AvgIpc) is 3.88. The van der Waals surface area contributed by atoms with Crippen LogP contribution in [0.1, 0.15) is 64.6 Å². The van der Waals surface area contributed by atoms with Crippen molar-refractivity contribution in [2.45, 2.75) is 73.6 Å². The first-order valence-electron chi connectivity index (χ1n) is 17.2. The third-order valence-corrected chi connectivity index (χ3v) is 8.35. The summed E-state index contributed by atoms with van der Waals surface area (Å²) in [4.78, 5) is 56.4. The van der Waals surface area contributed by atoms with E-state index in [0.29, 0.717) is 73.6 Å². The van der Waals surface area contributed by atoms with E-state index >= 15 is 0 Å². The number of ether oxygens (including phenoxy) is 1. The van der Waals surface area contributed by atoms with Crippen molar-refractivity contribution < 1.29 is 23.9 Å². The molecule has 0 fully saturated rings. The molecule has 0 radical (unpaired) electrons. The van der Waals surface area contributed by atoms with Crippen LogP contribution in [0.2, 0.25) is 0 Å². The van der Waals surface area contributed by atoms with E-state index in [1.165, 1.54) is 0 Å². The number of imidazole rings is 2. The van der Waals surface area contributed by atoms with Gasteiger partial charge in [0.05, 0.1) is 27.9 Å². The Morgan fingerprint density at radius 2 is 1.34 bits per heavy atom. The van der Waals surface area contributed by atoms with Gasteiger partial charge in [0.25, 0.3) is 17.7 Å². The molecular weight excluding hydrogens is 680 g/mol. The number of anilines is 2. The minimum Gasteiger partial charge on any atom is -0.481 e. The number of rotatable bonds is 14. The van der Waals surface area contributed by atoms with Crippen molar-refractivity contribution >= 4 is 58.1 Å². The fourth-order valence-electron chi connectivity index (χ4n) is 6.08. The molecule has 6 rings (SSSR count). The van der Waals surface area contributed by atoms with Gasteiger partial charge < -0.3 is 25.3 Å². The summed E-state index contributed by atoms with van der Waals surface area (Å²) in [5.74, 6) is -0.0610. The Bertz CT molecular complexity index is 2280. The molecule has 17 heteroatoms. The van der Waals surface area contributed by atoms with E-state index in [2.05, 4.69) is 26.6 Å². The van der Waals surface area contributed by atoms with Gasteiger partial charge >= 0.3 is 0 Å². The molecular formula is C36H44N12O5. The number of carbonyl (C=O) groups excluding carboxylic acids is 4. The first-order chi connectivity index (χ1) is 25.5. The third kappa shape index (κ3) is 8.52. The summed E-state index contributed by atoms with van der Waals surface area (Å²) in [6.07, 6.45) is 1.65. The van der Waals surface area contributed by atoms with Gasteiger partial charge in [-0.05, 0) is 89.4 Å². The number of nitrogens with two attached hydrogens (primary N) is 2. The van der Waals surface area contributed by atoms with Gasteiger partial charge in [0.1, 0.15) is 22.7 Å². The normalized spacial score (nSPS) is 11.0. The van der Waals surface area contributed by atoms with Crippen molar-refractivity contribution in [3.63, 3.8) is 0 Å². The Morgan fingerprint density at radius 1 is 0.792 bits per heavy atom. The van der Waals surface area contributed by atoms with E-state index in [-0.39, 0.29) is 24.8 Å². The Balaban J connectivity index is 0.00000175. The molecule has 278 valence electrons. The number of aromatic nitrogens is 8. The number of hydrogen-bond acceptors (Lipinski definition) is 9. The van der Waals surface area contributed by atoms with Crippen molar-refractivity contribution in [1.82, 2.24) is 38.7 Å². The lowest BCUT2D eigenvalue weighted by Gasteiger charge is -2.13. The summed E-state index contributed by atoms with van der Waals surface area (Å²) in [7, 11) is 0. The minimum absolute atomic E-state index is 0.250. The highest BCUT2D eigenvalue weighted by atomic mass is 16.5. The zero-order valence-corrected chi connectivity index (χ0v) is 30.4. The highest BCUT2D eigenvalue weighted by molar-refractivity contribution is 6.04. The second-order valence-electron chi connectivity index (χ2n) is 12.3. The predicted molar refractivity (Wildman–Crippen MR) is 200 cm³/mol. The Kier molecular flexibility index (Phi) is 11.9. The SMILES string of the molecule is CCn1nc(C)cc1C(=O)Nc1nc2cc(C)ccc2n1CCCCn1c(NC(=O)c2cc(C)nn2CC)nc2c(OCC(N)=O)cccc21.NC=O. The van der Waals surface area contributed by atoms with Crippen LogP contribution in [-0.4, -0.2) is 69.4 Å². The van der Waals surface area contributed by atoms with E-state index in [0.717, 1.165) is 33.5 Å². The lowest BCUT2D eigenvalue weighted by molar-refractivity contribution is -0.119. The molecule has 0 unspecified atom stereocenters. The van der Waals surface area contributed by atoms with Crippen LogP contribution in [0, 0.1) is 20.8 Å². The summed E-state index contributed by atoms with van der Waals surface area (Å²) in [5, 5.41) is 14.8. The molecule has 0 saturated heterocycles. The number of hydrogen-bond donors (Lipinski definition) is 4. The van der Waals surface area contributed by atoms with E-state index in [1.807, 2.05) is 68.0 Å². The molecule has 0 atom stereocenters. The van der Waals surface area contributed by atoms with Gasteiger partial charge in [-0.15, -0.1) is 0 Å². The number of benzene rings is 2. The summed E-state index contributed by atoms with van der Waals surface area (Å²) in [6.45, 7) is 11.4. The van der Waals surface area contributed by atoms with Gasteiger partial charge in [-0.2, -0.15) is 10.2 Å². The maximum atomic E-state index is 13.5. The molecule has 0 aliphatic rings. The smallest absolute Gasteiger partial charge is 0.276 e. The van der Waals surface area contributed by atoms with Gasteiger partial charge in [-0.3, -0.25) is 39.2 Å². The number of amides is 4. The van der Waals surface area contributed by atoms with Crippen LogP contribution in [0.5, 0.6) is 5.75 Å². The second kappa shape index (κ2) is 16.7. The van der Waals surface area contributed by atoms with Crippen LogP contribution in [0.4, 0.5) is 11.9 Å². The number of unbranched alkanes of at least 4 members (excludes halogenated alkanes) is 1. The fraction of sp³-hybridized carbons (Fsp3) is 0.333. The number of primary amides is 2. The molecule has 2 aromatic carbocycles. The highest BCUT2D eigenvalue weighted by Crippen LogP contribution is 2.29. The van der Waals surface area contributed by atoms with Gasteiger partial charge in [0, 0.05) is 26.2 Å². The number of para-hydroxylation sites is 1. The number of nitrogens with zero attached hydrogens (tertiary/aromatic N) is 8. The van der Waals surface area contributed by atoms with Gasteiger partial charge in [-0.25, -0.2) is 9.97 Å². The summed E-state index contributed by atoms with van der Waals surface area (Å²) in [5.41, 5.74) is 15.9. The van der Waals surface area contributed by atoms with Crippen molar-refractivity contribution in [1.29, 1.82) is 0 Å². The Hall–Kier alpha value is -6.52. The van der Waals surface area contributed by atoms with Crippen LogP contribution >= 0.6 is 0 Å². The van der Waals surface area contributed by atoms with Gasteiger partial charge in [0.15, 0.2) is 6.61 Å². The monoisotopic (exact) mass is 724 g/mol. The minimum atomic E-state index is -0.609. The predicted octanol–water partition coefficient (Wildman–Crippen LogP) is 3.69. The van der Waals surface area contributed by atoms with Crippen LogP contribution in [0.15, 0.2) is 48.5 Å². The zero-order valence-electron chi connectivity index (χ0n) is 30.4. The summed E-state index contributed by atoms with van der Waals surface area (Å²) in [6, 6.07) is 14.9. The first kappa shape index (κ1) is 37.7. The van der Waals surface area contributed by atoms with E-state index < -0.39 is 5.91 Å². The molecule has 0 spiro atoms. The molecule has 4 amide bonds. The molecule has 0 saturated carbocycles. The standard InChI is InChI=1S/C35H41N11O4.CH3NO/c1-6-45-27(18-22(4)41-45)32(48)39-34-37-24-17-21(3)13-14-25(24)43(34)15-8-9-16-44-26-11-10-12-29(50-20-30(36)47)31(26)38-35(44)40-33(49)28-19-23(5)42-46(28)7-2;2-1-3/h10-14,17-19H,6-9,15-16,20H2,1-5H3,(H2,36,47)(H,37,39,48)(H,38,40,49);1H,(H2,2,3). The van der Waals surface area contributed by atoms with Crippen LogP contribution in [-0.2, 0) is 35.8 Å². The molecule has 0 bridgehead atoms. The largest absolute Gasteiger partial charge is 0.481 e. The lowest BCUT2D eigenvalue weighted by atomic mass is 10.2. The summed E-state index contributed by atoms with van der Waals surface area (Å²) < 4.78 is 12.9. The Morgan fingerprint density at radius 3 is 1.89 bits per heavy atom. The molecule has 6 N–H and O–H groups in total. The second-order valence-corrected chi connectivity index (χ2v) is 12.3. The fourth-order valence-corrected chi connectivity index (χ4v) is 6.08. The van der Waals surface area contributed by atoms with E-state index in [4.69, 9.17) is 25.2 Å². The molecule has 0 aliphatic carbocycles. The number of fused-ring (bicyclic) bond motifs is 2. The molecule has 4 heterocycles. The van der Waals surface area contributed by atoms with E-state index in [1.54, 1.807) is 33.6 Å². The van der Waals surface area contributed by atoms with Gasteiger partial charge in [-0.1, -0.05) is 12.1 Å². The van der Waals surface area contributed by atoms with Gasteiger partial charge in [0.2, 0.25) is 18.3 Å². The molecule has 17 nitrogen and oxygen atoms in total. The highest BCUT2D eigenvalue weighted by Gasteiger charge is 2.21. The van der Waals surface area contributed by atoms with Crippen LogP contribution in [0.3, 0.4) is 0 Å². The van der Waals surface area contributed by atoms with Crippen LogP contribution < -0.4 is 26.8 Å². The quantitative estimate of drug-likeness (QED) is 0.0948. The van der Waals surface area contributed by atoms with Crippen molar-refractivity contribution in [3.05, 3.63) is 76.9 Å². The van der Waals surface area contributed by atoms with Crippen molar-refractivity contribution in [2.24, 2.45) is 11.5 Å². The zero-order chi connectivity index (χ0) is 38.2. The maximum Gasteiger partial charge on any atom is 0.276 e. The third-order valence-electron chi connectivity index (χ3n) is 8.35. The van der Waals surface area contributed by atoms with Crippen LogP contribution in [0.25, 0.3) is 22.1 Å². The number of carbonyl (C=O) groups is 4.